The van der Waals surface area contributed by atoms with E-state index in [1.54, 1.807) is 17.2 Å². The van der Waals surface area contributed by atoms with Crippen LogP contribution in [0.2, 0.25) is 0 Å². The summed E-state index contributed by atoms with van der Waals surface area (Å²) in [5.41, 5.74) is 7.92. The molecule has 11 nitrogen and oxygen atoms in total. The van der Waals surface area contributed by atoms with E-state index in [4.69, 9.17) is 9.73 Å². The largest absolute Gasteiger partial charge is 0.475 e. The second kappa shape index (κ2) is 12.9. The number of carbonyl (C=O) groups excluding carboxylic acids is 2. The highest BCUT2D eigenvalue weighted by Crippen LogP contribution is 2.43. The molecular formula is C39H42N8O3. The maximum absolute atomic E-state index is 14.1. The third kappa shape index (κ3) is 6.10. The fraction of sp³-hybridized carbons (Fsp3) is 0.385. The van der Waals surface area contributed by atoms with Crippen LogP contribution < -0.4 is 9.64 Å². The Kier molecular flexibility index (Phi) is 8.30. The normalized spacial score (nSPS) is 20.5. The van der Waals surface area contributed by atoms with Gasteiger partial charge in [0.05, 0.1) is 30.3 Å². The number of nitrogens with zero attached hydrogens (tertiary/aromatic N) is 8. The molecule has 50 heavy (non-hydrogen) atoms. The number of benzene rings is 2. The summed E-state index contributed by atoms with van der Waals surface area (Å²) in [5.74, 6) is 1.58. The molecule has 2 saturated heterocycles. The first-order chi connectivity index (χ1) is 24.2. The van der Waals surface area contributed by atoms with Crippen LogP contribution in [0.25, 0.3) is 17.0 Å². The number of carbonyl (C=O) groups is 2. The Morgan fingerprint density at radius 2 is 1.78 bits per heavy atom. The van der Waals surface area contributed by atoms with Crippen LogP contribution in [0.15, 0.2) is 78.2 Å². The molecule has 0 unspecified atom stereocenters. The van der Waals surface area contributed by atoms with E-state index in [2.05, 4.69) is 68.5 Å². The number of ether oxygens (including phenoxy) is 1. The summed E-state index contributed by atoms with van der Waals surface area (Å²) in [6.07, 6.45) is 8.03. The summed E-state index contributed by atoms with van der Waals surface area (Å²) in [6.45, 7) is 8.25. The Balaban J connectivity index is 0.883. The standard InChI is InChI=1S/C39H42N8O3/c1-26(2)50-34-20-30(10-15-40-34)36-33-21-32(9-8-31(33)22-41-36)47-19-14-39(38(47)49)13-18-45(24-39)23-35(48)46-16-11-28(12-17-46)27-4-6-29(7-5-27)37-42-25-44(3)43-37/h4-11,15,20-21,25-26H,12-14,16-19,22-24H2,1-3H3/t39-/m0/s1. The van der Waals surface area contributed by atoms with Crippen molar-refractivity contribution >= 4 is 28.8 Å². The molecule has 256 valence electrons. The van der Waals surface area contributed by atoms with E-state index in [1.807, 2.05) is 42.8 Å². The molecule has 1 spiro atoms. The Labute approximate surface area is 292 Å². The fourth-order valence-electron chi connectivity index (χ4n) is 7.74. The molecule has 6 heterocycles. The van der Waals surface area contributed by atoms with Crippen molar-refractivity contribution < 1.29 is 14.3 Å². The first kappa shape index (κ1) is 32.1. The van der Waals surface area contributed by atoms with Gasteiger partial charge in [-0.15, -0.1) is 0 Å². The average Bonchev–Trinajstić information content (AvgIpc) is 3.92. The third-order valence-corrected chi connectivity index (χ3v) is 10.4. The van der Waals surface area contributed by atoms with E-state index >= 15 is 0 Å². The minimum Gasteiger partial charge on any atom is -0.475 e. The van der Waals surface area contributed by atoms with Gasteiger partial charge >= 0.3 is 0 Å². The third-order valence-electron chi connectivity index (χ3n) is 10.4. The van der Waals surface area contributed by atoms with E-state index < -0.39 is 5.41 Å². The van der Waals surface area contributed by atoms with Crippen LogP contribution in [0, 0.1) is 5.41 Å². The first-order valence-electron chi connectivity index (χ1n) is 17.5. The van der Waals surface area contributed by atoms with Crippen molar-refractivity contribution in [1.82, 2.24) is 29.5 Å². The molecule has 2 aromatic carbocycles. The van der Waals surface area contributed by atoms with Crippen molar-refractivity contribution in [3.05, 3.63) is 95.5 Å². The number of likely N-dealkylation sites (tertiary alicyclic amines) is 1. The van der Waals surface area contributed by atoms with Crippen LogP contribution in [0.1, 0.15) is 55.4 Å². The van der Waals surface area contributed by atoms with Gasteiger partial charge in [-0.1, -0.05) is 36.4 Å². The van der Waals surface area contributed by atoms with Gasteiger partial charge in [0, 0.05) is 67.9 Å². The summed E-state index contributed by atoms with van der Waals surface area (Å²) < 4.78 is 7.53. The number of pyridine rings is 1. The lowest BCUT2D eigenvalue weighted by Crippen LogP contribution is -2.43. The Morgan fingerprint density at radius 1 is 0.960 bits per heavy atom. The van der Waals surface area contributed by atoms with Crippen LogP contribution in [-0.4, -0.2) is 92.4 Å². The number of rotatable bonds is 8. The number of hydrogen-bond acceptors (Lipinski definition) is 8. The van der Waals surface area contributed by atoms with Crippen LogP contribution >= 0.6 is 0 Å². The summed E-state index contributed by atoms with van der Waals surface area (Å²) in [4.78, 5) is 47.1. The molecular weight excluding hydrogens is 628 g/mol. The van der Waals surface area contributed by atoms with Gasteiger partial charge in [-0.05, 0) is 74.6 Å². The van der Waals surface area contributed by atoms with Gasteiger partial charge in [-0.3, -0.25) is 24.2 Å². The molecule has 0 aliphatic carbocycles. The summed E-state index contributed by atoms with van der Waals surface area (Å²) >= 11 is 0. The van der Waals surface area contributed by atoms with Gasteiger partial charge in [-0.2, -0.15) is 5.10 Å². The molecule has 11 heteroatoms. The van der Waals surface area contributed by atoms with Gasteiger partial charge in [0.1, 0.15) is 6.33 Å². The summed E-state index contributed by atoms with van der Waals surface area (Å²) in [7, 11) is 1.86. The molecule has 0 N–H and O–H groups in total. The number of anilines is 1. The zero-order valence-electron chi connectivity index (χ0n) is 28.9. The van der Waals surface area contributed by atoms with E-state index in [0.29, 0.717) is 51.0 Å². The number of aromatic nitrogens is 4. The minimum atomic E-state index is -0.448. The number of aryl methyl sites for hydroxylation is 1. The molecule has 2 aromatic heterocycles. The van der Waals surface area contributed by atoms with Gasteiger partial charge in [0.25, 0.3) is 0 Å². The molecule has 4 aliphatic rings. The SMILES string of the molecule is CC(C)Oc1cc(C2=NCc3ccc(N4CC[C@]5(CCN(CC(=O)N6CC=C(c7ccc(-c8ncn(C)n8)cc7)CC6)C5)C4=O)cc32)ccn1. The van der Waals surface area contributed by atoms with E-state index in [0.717, 1.165) is 65.0 Å². The van der Waals surface area contributed by atoms with Crippen molar-refractivity contribution in [2.75, 3.05) is 44.2 Å². The predicted octanol–water partition coefficient (Wildman–Crippen LogP) is 4.76. The lowest BCUT2D eigenvalue weighted by atomic mass is 9.85. The maximum atomic E-state index is 14.1. The molecule has 2 amide bonds. The number of hydrogen-bond donors (Lipinski definition) is 0. The molecule has 4 aliphatic heterocycles. The predicted molar refractivity (Wildman–Crippen MR) is 192 cm³/mol. The van der Waals surface area contributed by atoms with Crippen molar-refractivity contribution in [3.8, 4) is 17.3 Å². The Morgan fingerprint density at radius 3 is 2.54 bits per heavy atom. The lowest BCUT2D eigenvalue weighted by molar-refractivity contribution is -0.132. The van der Waals surface area contributed by atoms with Crippen LogP contribution in [-0.2, 0) is 23.2 Å². The highest BCUT2D eigenvalue weighted by Gasteiger charge is 2.51. The van der Waals surface area contributed by atoms with E-state index in [-0.39, 0.29) is 17.9 Å². The molecule has 1 atom stereocenters. The molecule has 0 radical (unpaired) electrons. The first-order valence-corrected chi connectivity index (χ1v) is 17.5. The zero-order valence-corrected chi connectivity index (χ0v) is 28.9. The average molecular weight is 671 g/mol. The number of fused-ring (bicyclic) bond motifs is 1. The van der Waals surface area contributed by atoms with Gasteiger partial charge in [0.15, 0.2) is 5.82 Å². The summed E-state index contributed by atoms with van der Waals surface area (Å²) in [5, 5.41) is 4.38. The molecule has 8 rings (SSSR count). The van der Waals surface area contributed by atoms with Crippen molar-refractivity contribution in [2.24, 2.45) is 17.5 Å². The maximum Gasteiger partial charge on any atom is 0.237 e. The molecule has 2 fully saturated rings. The highest BCUT2D eigenvalue weighted by molar-refractivity contribution is 6.16. The smallest absolute Gasteiger partial charge is 0.237 e. The minimum absolute atomic E-state index is 0.0298. The van der Waals surface area contributed by atoms with Crippen molar-refractivity contribution in [3.63, 3.8) is 0 Å². The van der Waals surface area contributed by atoms with Gasteiger partial charge < -0.3 is 14.5 Å². The van der Waals surface area contributed by atoms with E-state index in [1.165, 1.54) is 5.57 Å². The highest BCUT2D eigenvalue weighted by atomic mass is 16.5. The van der Waals surface area contributed by atoms with Crippen LogP contribution in [0.3, 0.4) is 0 Å². The van der Waals surface area contributed by atoms with Crippen molar-refractivity contribution in [1.29, 1.82) is 0 Å². The Hall–Kier alpha value is -5.16. The number of amides is 2. The second-order valence-electron chi connectivity index (χ2n) is 14.1. The van der Waals surface area contributed by atoms with Crippen molar-refractivity contribution in [2.45, 2.75) is 45.8 Å². The second-order valence-corrected chi connectivity index (χ2v) is 14.1. The topological polar surface area (TPSA) is 109 Å². The monoisotopic (exact) mass is 670 g/mol. The van der Waals surface area contributed by atoms with Crippen LogP contribution in [0.4, 0.5) is 5.69 Å². The summed E-state index contributed by atoms with van der Waals surface area (Å²) in [6, 6.07) is 18.5. The number of aliphatic imine (C=N–C) groups is 1. The quantitative estimate of drug-likeness (QED) is 0.266. The molecule has 4 aromatic rings. The zero-order chi connectivity index (χ0) is 34.4. The van der Waals surface area contributed by atoms with E-state index in [9.17, 15) is 9.59 Å². The lowest BCUT2D eigenvalue weighted by Gasteiger charge is -2.29. The van der Waals surface area contributed by atoms with Gasteiger partial charge in [0.2, 0.25) is 17.7 Å². The van der Waals surface area contributed by atoms with Gasteiger partial charge in [-0.25, -0.2) is 9.97 Å². The molecule has 0 bridgehead atoms. The van der Waals surface area contributed by atoms with Crippen LogP contribution in [0.5, 0.6) is 5.88 Å². The Bertz CT molecular complexity index is 2020. The molecule has 0 saturated carbocycles. The fourth-order valence-corrected chi connectivity index (χ4v) is 7.74.